The minimum atomic E-state index is 0.242. The van der Waals surface area contributed by atoms with Gasteiger partial charge in [-0.15, -0.1) is 0 Å². The molecule has 1 aliphatic carbocycles. The van der Waals surface area contributed by atoms with Crippen LogP contribution in [0.1, 0.15) is 36.0 Å². The number of nitrogens with zero attached hydrogens (tertiary/aromatic N) is 1. The van der Waals surface area contributed by atoms with Crippen LogP contribution in [0, 0.1) is 5.41 Å². The predicted molar refractivity (Wildman–Crippen MR) is 99.3 cm³/mol. The summed E-state index contributed by atoms with van der Waals surface area (Å²) < 4.78 is 0. The third kappa shape index (κ3) is 2.67. The molecule has 2 heterocycles. The van der Waals surface area contributed by atoms with Crippen molar-refractivity contribution in [3.8, 4) is 11.1 Å². The molecular weight excluding hydrogens is 308 g/mol. The van der Waals surface area contributed by atoms with Gasteiger partial charge in [0.15, 0.2) is 0 Å². The van der Waals surface area contributed by atoms with Crippen LogP contribution in [0.2, 0.25) is 0 Å². The lowest BCUT2D eigenvalue weighted by Gasteiger charge is -2.38. The molecule has 1 amide bonds. The largest absolute Gasteiger partial charge is 0.356 e. The number of amides is 1. The summed E-state index contributed by atoms with van der Waals surface area (Å²) in [7, 11) is 0. The highest BCUT2D eigenvalue weighted by molar-refractivity contribution is 5.79. The number of likely N-dealkylation sites (tertiary alicyclic amines) is 1. The normalized spacial score (nSPS) is 21.2. The van der Waals surface area contributed by atoms with E-state index in [1.54, 1.807) is 0 Å². The molecular formula is C22H24N2O. The van der Waals surface area contributed by atoms with Crippen molar-refractivity contribution in [2.24, 2.45) is 5.41 Å². The van der Waals surface area contributed by atoms with Crippen LogP contribution in [0.4, 0.5) is 0 Å². The summed E-state index contributed by atoms with van der Waals surface area (Å²) in [6.07, 6.45) is 4.08. The number of fused-ring (bicyclic) bond motifs is 3. The average molecular weight is 332 g/mol. The average Bonchev–Trinajstić information content (AvgIpc) is 3.17. The first kappa shape index (κ1) is 15.2. The van der Waals surface area contributed by atoms with Crippen LogP contribution >= 0.6 is 0 Å². The highest BCUT2D eigenvalue weighted by Crippen LogP contribution is 2.39. The van der Waals surface area contributed by atoms with Crippen LogP contribution in [-0.2, 0) is 17.8 Å². The first-order valence-corrected chi connectivity index (χ1v) is 9.40. The Hall–Kier alpha value is -2.13. The molecule has 0 unspecified atom stereocenters. The van der Waals surface area contributed by atoms with E-state index in [9.17, 15) is 4.79 Å². The van der Waals surface area contributed by atoms with Crippen LogP contribution < -0.4 is 5.32 Å². The minimum Gasteiger partial charge on any atom is -0.356 e. The standard InChI is InChI=1S/C22H24N2O/c25-21-13-22(15-23-21)7-9-24(10-8-22)14-16-5-6-20-18(11-16)12-17-3-1-2-4-19(17)20/h1-6,11H,7-10,12-15H2,(H,23,25). The maximum absolute atomic E-state index is 11.6. The van der Waals surface area contributed by atoms with Crippen molar-refractivity contribution in [3.05, 3.63) is 59.2 Å². The highest BCUT2D eigenvalue weighted by atomic mass is 16.1. The van der Waals surface area contributed by atoms with Crippen molar-refractivity contribution < 1.29 is 4.79 Å². The Morgan fingerprint density at radius 1 is 1.00 bits per heavy atom. The van der Waals surface area contributed by atoms with E-state index < -0.39 is 0 Å². The fourth-order valence-corrected chi connectivity index (χ4v) is 4.85. The van der Waals surface area contributed by atoms with Gasteiger partial charge in [-0.1, -0.05) is 42.5 Å². The second-order valence-electron chi connectivity index (χ2n) is 8.06. The van der Waals surface area contributed by atoms with Gasteiger partial charge >= 0.3 is 0 Å². The van der Waals surface area contributed by atoms with Gasteiger partial charge in [0.2, 0.25) is 5.91 Å². The number of benzene rings is 2. The van der Waals surface area contributed by atoms with Crippen LogP contribution in [0.25, 0.3) is 11.1 Å². The Labute approximate surface area is 149 Å². The van der Waals surface area contributed by atoms with E-state index >= 15 is 0 Å². The molecule has 2 aliphatic heterocycles. The molecule has 3 nitrogen and oxygen atoms in total. The zero-order chi connectivity index (χ0) is 16.9. The second-order valence-corrected chi connectivity index (χ2v) is 8.06. The molecule has 2 aromatic carbocycles. The number of piperidine rings is 1. The fourth-order valence-electron chi connectivity index (χ4n) is 4.85. The molecule has 1 N–H and O–H groups in total. The van der Waals surface area contributed by atoms with Gasteiger partial charge in [-0.25, -0.2) is 0 Å². The first-order chi connectivity index (χ1) is 12.2. The molecule has 1 spiro atoms. The number of hydrogen-bond acceptors (Lipinski definition) is 2. The second kappa shape index (κ2) is 5.70. The lowest BCUT2D eigenvalue weighted by molar-refractivity contribution is -0.119. The van der Waals surface area contributed by atoms with Gasteiger partial charge in [0.1, 0.15) is 0 Å². The summed E-state index contributed by atoms with van der Waals surface area (Å²) in [6, 6.07) is 15.8. The monoisotopic (exact) mass is 332 g/mol. The van der Waals surface area contributed by atoms with Crippen molar-refractivity contribution in [3.63, 3.8) is 0 Å². The van der Waals surface area contributed by atoms with Gasteiger partial charge in [0.05, 0.1) is 0 Å². The molecule has 0 radical (unpaired) electrons. The van der Waals surface area contributed by atoms with E-state index in [-0.39, 0.29) is 11.3 Å². The van der Waals surface area contributed by atoms with Crippen LogP contribution in [0.3, 0.4) is 0 Å². The Morgan fingerprint density at radius 3 is 2.60 bits per heavy atom. The van der Waals surface area contributed by atoms with Gasteiger partial charge in [-0.2, -0.15) is 0 Å². The molecule has 2 saturated heterocycles. The Kier molecular flexibility index (Phi) is 3.46. The van der Waals surface area contributed by atoms with Gasteiger partial charge in [0.25, 0.3) is 0 Å². The number of rotatable bonds is 2. The molecule has 0 atom stereocenters. The van der Waals surface area contributed by atoms with E-state index in [1.807, 2.05) is 0 Å². The lowest BCUT2D eigenvalue weighted by Crippen LogP contribution is -2.40. The Balaban J connectivity index is 1.27. The maximum Gasteiger partial charge on any atom is 0.220 e. The maximum atomic E-state index is 11.6. The first-order valence-electron chi connectivity index (χ1n) is 9.40. The van der Waals surface area contributed by atoms with E-state index in [4.69, 9.17) is 0 Å². The smallest absolute Gasteiger partial charge is 0.220 e. The molecule has 5 rings (SSSR count). The van der Waals surface area contributed by atoms with Crippen LogP contribution in [0.15, 0.2) is 42.5 Å². The van der Waals surface area contributed by atoms with E-state index in [0.29, 0.717) is 0 Å². The predicted octanol–water partition coefficient (Wildman–Crippen LogP) is 3.36. The van der Waals surface area contributed by atoms with E-state index in [0.717, 1.165) is 51.9 Å². The zero-order valence-corrected chi connectivity index (χ0v) is 14.6. The third-order valence-electron chi connectivity index (χ3n) is 6.38. The number of nitrogens with one attached hydrogen (secondary N) is 1. The Bertz CT molecular complexity index is 834. The molecule has 3 aliphatic rings. The van der Waals surface area contributed by atoms with Gasteiger partial charge in [-0.05, 0) is 65.6 Å². The summed E-state index contributed by atoms with van der Waals surface area (Å²) in [6.45, 7) is 4.12. The van der Waals surface area contributed by atoms with E-state index in [1.165, 1.54) is 27.8 Å². The summed E-state index contributed by atoms with van der Waals surface area (Å²) in [5.41, 5.74) is 7.40. The van der Waals surface area contributed by atoms with Gasteiger partial charge in [0, 0.05) is 19.5 Å². The van der Waals surface area contributed by atoms with Crippen molar-refractivity contribution in [2.45, 2.75) is 32.2 Å². The summed E-state index contributed by atoms with van der Waals surface area (Å²) in [5.74, 6) is 0.242. The molecule has 2 fully saturated rings. The number of carbonyl (C=O) groups excluding carboxylic acids is 1. The van der Waals surface area contributed by atoms with Crippen molar-refractivity contribution in [1.29, 1.82) is 0 Å². The number of carbonyl (C=O) groups is 1. The van der Waals surface area contributed by atoms with Crippen molar-refractivity contribution in [1.82, 2.24) is 10.2 Å². The van der Waals surface area contributed by atoms with Crippen LogP contribution in [-0.4, -0.2) is 30.4 Å². The summed E-state index contributed by atoms with van der Waals surface area (Å²) >= 11 is 0. The van der Waals surface area contributed by atoms with Crippen molar-refractivity contribution in [2.75, 3.05) is 19.6 Å². The minimum absolute atomic E-state index is 0.242. The molecule has 0 bridgehead atoms. The zero-order valence-electron chi connectivity index (χ0n) is 14.6. The van der Waals surface area contributed by atoms with Crippen molar-refractivity contribution >= 4 is 5.91 Å². The van der Waals surface area contributed by atoms with E-state index in [2.05, 4.69) is 52.7 Å². The Morgan fingerprint density at radius 2 is 1.80 bits per heavy atom. The highest BCUT2D eigenvalue weighted by Gasteiger charge is 2.40. The molecule has 128 valence electrons. The third-order valence-corrected chi connectivity index (χ3v) is 6.38. The molecule has 3 heteroatoms. The quantitative estimate of drug-likeness (QED) is 0.780. The SMILES string of the molecule is O=C1CC2(CCN(Cc3ccc4c(c3)Cc3ccccc3-4)CC2)CN1. The molecule has 0 aromatic heterocycles. The molecule has 25 heavy (non-hydrogen) atoms. The number of hydrogen-bond donors (Lipinski definition) is 1. The van der Waals surface area contributed by atoms with Crippen LogP contribution in [0.5, 0.6) is 0 Å². The molecule has 0 saturated carbocycles. The van der Waals surface area contributed by atoms with Gasteiger partial charge < -0.3 is 5.32 Å². The lowest BCUT2D eigenvalue weighted by atomic mass is 9.77. The summed E-state index contributed by atoms with van der Waals surface area (Å²) in [4.78, 5) is 14.1. The van der Waals surface area contributed by atoms with Gasteiger partial charge in [-0.3, -0.25) is 9.69 Å². The topological polar surface area (TPSA) is 32.3 Å². The summed E-state index contributed by atoms with van der Waals surface area (Å²) in [5, 5.41) is 3.02. The fraction of sp³-hybridized carbons (Fsp3) is 0.409. The molecule has 2 aromatic rings.